The standard InChI is InChI=1S/C13H24N2O2/c1-5-7-13(3,4)14-12(17)10-8-11(16)15(6-2)9-10/h10H,5-9H2,1-4H3,(H,14,17)/t10-/m1/s1. The minimum absolute atomic E-state index is 0.0211. The highest BCUT2D eigenvalue weighted by Gasteiger charge is 2.35. The Hall–Kier alpha value is -1.06. The SMILES string of the molecule is CCCC(C)(C)NC(=O)[C@@H]1CC(=O)N(CC)C1. The van der Waals surface area contributed by atoms with E-state index in [0.29, 0.717) is 19.5 Å². The van der Waals surface area contributed by atoms with Gasteiger partial charge in [-0.1, -0.05) is 13.3 Å². The molecule has 4 heteroatoms. The molecule has 0 radical (unpaired) electrons. The molecule has 1 N–H and O–H groups in total. The summed E-state index contributed by atoms with van der Waals surface area (Å²) in [5.74, 6) is -0.0488. The summed E-state index contributed by atoms with van der Waals surface area (Å²) in [5.41, 5.74) is -0.172. The van der Waals surface area contributed by atoms with E-state index in [1.807, 2.05) is 20.8 Å². The van der Waals surface area contributed by atoms with Gasteiger partial charge in [-0.25, -0.2) is 0 Å². The molecule has 0 aromatic heterocycles. The Morgan fingerprint density at radius 3 is 2.59 bits per heavy atom. The molecule has 0 bridgehead atoms. The van der Waals surface area contributed by atoms with Crippen LogP contribution in [0.25, 0.3) is 0 Å². The number of likely N-dealkylation sites (tertiary alicyclic amines) is 1. The Kier molecular flexibility index (Phi) is 4.54. The highest BCUT2D eigenvalue weighted by Crippen LogP contribution is 2.19. The molecule has 1 fully saturated rings. The molecule has 0 saturated carbocycles. The van der Waals surface area contributed by atoms with Gasteiger partial charge in [-0.2, -0.15) is 0 Å². The van der Waals surface area contributed by atoms with Crippen molar-refractivity contribution in [2.75, 3.05) is 13.1 Å². The third kappa shape index (κ3) is 3.72. The van der Waals surface area contributed by atoms with Crippen LogP contribution in [0, 0.1) is 5.92 Å². The van der Waals surface area contributed by atoms with Crippen LogP contribution < -0.4 is 5.32 Å². The third-order valence-electron chi connectivity index (χ3n) is 3.30. The first kappa shape index (κ1) is 14.0. The molecule has 0 aromatic rings. The molecule has 1 heterocycles. The summed E-state index contributed by atoms with van der Waals surface area (Å²) in [6.45, 7) is 9.38. The Balaban J connectivity index is 2.52. The monoisotopic (exact) mass is 240 g/mol. The normalized spacial score (nSPS) is 20.8. The van der Waals surface area contributed by atoms with Gasteiger partial charge >= 0.3 is 0 Å². The first-order chi connectivity index (χ1) is 7.89. The van der Waals surface area contributed by atoms with Gasteiger partial charge in [0.2, 0.25) is 11.8 Å². The van der Waals surface area contributed by atoms with Crippen LogP contribution in [0.15, 0.2) is 0 Å². The Morgan fingerprint density at radius 1 is 1.47 bits per heavy atom. The molecular formula is C13H24N2O2. The van der Waals surface area contributed by atoms with E-state index in [-0.39, 0.29) is 23.3 Å². The third-order valence-corrected chi connectivity index (χ3v) is 3.30. The van der Waals surface area contributed by atoms with Crippen LogP contribution in [0.3, 0.4) is 0 Å². The summed E-state index contributed by atoms with van der Waals surface area (Å²) < 4.78 is 0. The minimum atomic E-state index is -0.172. The van der Waals surface area contributed by atoms with E-state index in [1.54, 1.807) is 4.90 Å². The Bertz CT molecular complexity index is 300. The number of rotatable bonds is 5. The lowest BCUT2D eigenvalue weighted by Crippen LogP contribution is -2.46. The van der Waals surface area contributed by atoms with E-state index < -0.39 is 0 Å². The second-order valence-corrected chi connectivity index (χ2v) is 5.46. The van der Waals surface area contributed by atoms with Crippen molar-refractivity contribution in [3.63, 3.8) is 0 Å². The molecule has 1 aliphatic heterocycles. The fraction of sp³-hybridized carbons (Fsp3) is 0.846. The summed E-state index contributed by atoms with van der Waals surface area (Å²) in [4.78, 5) is 25.4. The average Bonchev–Trinajstić information content (AvgIpc) is 2.58. The number of hydrogen-bond acceptors (Lipinski definition) is 2. The van der Waals surface area contributed by atoms with E-state index in [9.17, 15) is 9.59 Å². The lowest BCUT2D eigenvalue weighted by molar-refractivity contribution is -0.129. The number of hydrogen-bond donors (Lipinski definition) is 1. The molecule has 0 aliphatic carbocycles. The summed E-state index contributed by atoms with van der Waals surface area (Å²) in [6.07, 6.45) is 2.36. The molecule has 0 unspecified atom stereocenters. The van der Waals surface area contributed by atoms with Crippen molar-refractivity contribution < 1.29 is 9.59 Å². The van der Waals surface area contributed by atoms with Gasteiger partial charge in [0.05, 0.1) is 5.92 Å². The van der Waals surface area contributed by atoms with Crippen molar-refractivity contribution in [1.82, 2.24) is 10.2 Å². The van der Waals surface area contributed by atoms with Gasteiger partial charge in [0, 0.05) is 25.0 Å². The van der Waals surface area contributed by atoms with Crippen molar-refractivity contribution in [3.05, 3.63) is 0 Å². The maximum Gasteiger partial charge on any atom is 0.225 e. The molecule has 98 valence electrons. The molecular weight excluding hydrogens is 216 g/mol. The minimum Gasteiger partial charge on any atom is -0.351 e. The summed E-state index contributed by atoms with van der Waals surface area (Å²) >= 11 is 0. The highest BCUT2D eigenvalue weighted by atomic mass is 16.2. The first-order valence-electron chi connectivity index (χ1n) is 6.49. The van der Waals surface area contributed by atoms with Gasteiger partial charge in [0.25, 0.3) is 0 Å². The zero-order chi connectivity index (χ0) is 13.1. The number of nitrogens with zero attached hydrogens (tertiary/aromatic N) is 1. The van der Waals surface area contributed by atoms with Gasteiger partial charge in [0.1, 0.15) is 0 Å². The van der Waals surface area contributed by atoms with Crippen LogP contribution in [0.5, 0.6) is 0 Å². The van der Waals surface area contributed by atoms with E-state index in [4.69, 9.17) is 0 Å². The van der Waals surface area contributed by atoms with Crippen molar-refractivity contribution >= 4 is 11.8 Å². The zero-order valence-electron chi connectivity index (χ0n) is 11.4. The molecule has 1 rings (SSSR count). The van der Waals surface area contributed by atoms with E-state index in [1.165, 1.54) is 0 Å². The largest absolute Gasteiger partial charge is 0.351 e. The fourth-order valence-electron chi connectivity index (χ4n) is 2.38. The fourth-order valence-corrected chi connectivity index (χ4v) is 2.38. The van der Waals surface area contributed by atoms with E-state index in [2.05, 4.69) is 12.2 Å². The van der Waals surface area contributed by atoms with Gasteiger partial charge < -0.3 is 10.2 Å². The zero-order valence-corrected chi connectivity index (χ0v) is 11.4. The van der Waals surface area contributed by atoms with E-state index in [0.717, 1.165) is 12.8 Å². The first-order valence-corrected chi connectivity index (χ1v) is 6.49. The highest BCUT2D eigenvalue weighted by molar-refractivity contribution is 5.89. The van der Waals surface area contributed by atoms with Crippen molar-refractivity contribution in [3.8, 4) is 0 Å². The van der Waals surface area contributed by atoms with Gasteiger partial charge in [-0.05, 0) is 27.2 Å². The van der Waals surface area contributed by atoms with Crippen molar-refractivity contribution in [1.29, 1.82) is 0 Å². The van der Waals surface area contributed by atoms with Crippen LogP contribution in [0.2, 0.25) is 0 Å². The smallest absolute Gasteiger partial charge is 0.225 e. The average molecular weight is 240 g/mol. The number of amides is 2. The maximum absolute atomic E-state index is 12.1. The van der Waals surface area contributed by atoms with Crippen LogP contribution in [0.4, 0.5) is 0 Å². The summed E-state index contributed by atoms with van der Waals surface area (Å²) in [7, 11) is 0. The Labute approximate surface area is 104 Å². The molecule has 2 amide bonds. The van der Waals surface area contributed by atoms with Crippen LogP contribution in [0.1, 0.15) is 47.0 Å². The molecule has 17 heavy (non-hydrogen) atoms. The summed E-state index contributed by atoms with van der Waals surface area (Å²) in [5, 5.41) is 3.05. The maximum atomic E-state index is 12.1. The second-order valence-electron chi connectivity index (χ2n) is 5.46. The predicted octanol–water partition coefficient (Wildman–Crippen LogP) is 1.55. The van der Waals surface area contributed by atoms with Crippen molar-refractivity contribution in [2.45, 2.75) is 52.5 Å². The number of nitrogens with one attached hydrogen (secondary N) is 1. The summed E-state index contributed by atoms with van der Waals surface area (Å²) in [6, 6.07) is 0. The molecule has 1 atom stereocenters. The lowest BCUT2D eigenvalue weighted by atomic mass is 9.97. The molecule has 4 nitrogen and oxygen atoms in total. The Morgan fingerprint density at radius 2 is 2.12 bits per heavy atom. The molecule has 1 saturated heterocycles. The topological polar surface area (TPSA) is 49.4 Å². The van der Waals surface area contributed by atoms with Gasteiger partial charge in [-0.3, -0.25) is 9.59 Å². The predicted molar refractivity (Wildman–Crippen MR) is 67.5 cm³/mol. The molecule has 1 aliphatic rings. The van der Waals surface area contributed by atoms with Gasteiger partial charge in [0.15, 0.2) is 0 Å². The van der Waals surface area contributed by atoms with Crippen LogP contribution in [-0.4, -0.2) is 35.3 Å². The van der Waals surface area contributed by atoms with Gasteiger partial charge in [-0.15, -0.1) is 0 Å². The quantitative estimate of drug-likeness (QED) is 0.792. The van der Waals surface area contributed by atoms with Crippen LogP contribution in [-0.2, 0) is 9.59 Å². The number of carbonyl (C=O) groups excluding carboxylic acids is 2. The number of carbonyl (C=O) groups is 2. The second kappa shape index (κ2) is 5.52. The molecule has 0 aromatic carbocycles. The lowest BCUT2D eigenvalue weighted by Gasteiger charge is -2.27. The molecule has 0 spiro atoms. The van der Waals surface area contributed by atoms with Crippen LogP contribution >= 0.6 is 0 Å². The van der Waals surface area contributed by atoms with E-state index >= 15 is 0 Å². The van der Waals surface area contributed by atoms with Crippen molar-refractivity contribution in [2.24, 2.45) is 5.92 Å².